The summed E-state index contributed by atoms with van der Waals surface area (Å²) in [6, 6.07) is 2.88. The average molecular weight is 371 g/mol. The van der Waals surface area contributed by atoms with Crippen LogP contribution in [0.4, 0.5) is 10.5 Å². The van der Waals surface area contributed by atoms with Gasteiger partial charge in [-0.3, -0.25) is 0 Å². The minimum atomic E-state index is -0.429. The van der Waals surface area contributed by atoms with E-state index in [-0.39, 0.29) is 12.6 Å². The van der Waals surface area contributed by atoms with Crippen LogP contribution in [-0.4, -0.2) is 22.8 Å². The molecular formula is C15H16Cl2N4O3. The zero-order valence-electron chi connectivity index (χ0n) is 12.9. The zero-order chi connectivity index (χ0) is 17.1. The Hall–Kier alpha value is -1.83. The third-order valence-electron chi connectivity index (χ3n) is 3.66. The van der Waals surface area contributed by atoms with Gasteiger partial charge < -0.3 is 19.9 Å². The Morgan fingerprint density at radius 3 is 3.00 bits per heavy atom. The molecule has 1 saturated heterocycles. The molecule has 1 atom stereocenters. The molecule has 0 radical (unpaired) electrons. The second-order valence-electron chi connectivity index (χ2n) is 5.39. The molecule has 1 aromatic carbocycles. The summed E-state index contributed by atoms with van der Waals surface area (Å²) in [5.41, 5.74) is 1.18. The Kier molecular flexibility index (Phi) is 5.23. The summed E-state index contributed by atoms with van der Waals surface area (Å²) in [5.74, 6) is 0.829. The molecule has 2 aromatic rings. The van der Waals surface area contributed by atoms with E-state index in [2.05, 4.69) is 20.8 Å². The van der Waals surface area contributed by atoms with Crippen molar-refractivity contribution in [3.8, 4) is 0 Å². The highest BCUT2D eigenvalue weighted by Crippen LogP contribution is 2.30. The molecule has 1 aliphatic heterocycles. The molecule has 0 saturated carbocycles. The molecule has 0 aliphatic carbocycles. The molecule has 2 N–H and O–H groups in total. The molecule has 1 aromatic heterocycles. The fourth-order valence-electron chi connectivity index (χ4n) is 2.33. The molecule has 0 unspecified atom stereocenters. The molecular weight excluding hydrogens is 355 g/mol. The Morgan fingerprint density at radius 1 is 1.42 bits per heavy atom. The van der Waals surface area contributed by atoms with Crippen LogP contribution >= 0.6 is 23.2 Å². The number of aromatic nitrogens is 2. The van der Waals surface area contributed by atoms with Gasteiger partial charge in [0.25, 0.3) is 5.89 Å². The van der Waals surface area contributed by atoms with Crippen molar-refractivity contribution in [1.29, 1.82) is 0 Å². The van der Waals surface area contributed by atoms with Crippen molar-refractivity contribution in [2.24, 2.45) is 0 Å². The van der Waals surface area contributed by atoms with Crippen LogP contribution in [-0.2, 0) is 11.3 Å². The molecule has 128 valence electrons. The number of benzene rings is 1. The second kappa shape index (κ2) is 7.38. The van der Waals surface area contributed by atoms with Gasteiger partial charge in [-0.15, -0.1) is 0 Å². The molecule has 1 aliphatic rings. The van der Waals surface area contributed by atoms with Crippen molar-refractivity contribution in [2.45, 2.75) is 32.4 Å². The van der Waals surface area contributed by atoms with Crippen molar-refractivity contribution >= 4 is 34.9 Å². The summed E-state index contributed by atoms with van der Waals surface area (Å²) >= 11 is 12.1. The molecule has 1 fully saturated rings. The van der Waals surface area contributed by atoms with Gasteiger partial charge in [-0.2, -0.15) is 4.98 Å². The number of hydrogen-bond acceptors (Lipinski definition) is 5. The van der Waals surface area contributed by atoms with E-state index in [0.29, 0.717) is 39.6 Å². The van der Waals surface area contributed by atoms with E-state index in [1.807, 2.05) is 0 Å². The Balaban J connectivity index is 1.55. The number of ether oxygens (including phenoxy) is 1. The fourth-order valence-corrected chi connectivity index (χ4v) is 2.74. The number of rotatable bonds is 4. The quantitative estimate of drug-likeness (QED) is 0.852. The molecule has 2 heterocycles. The maximum atomic E-state index is 12.0. The predicted molar refractivity (Wildman–Crippen MR) is 89.3 cm³/mol. The number of amides is 2. The first-order valence-electron chi connectivity index (χ1n) is 7.48. The van der Waals surface area contributed by atoms with E-state index in [1.54, 1.807) is 19.1 Å². The molecule has 9 heteroatoms. The first kappa shape index (κ1) is 17.0. The van der Waals surface area contributed by atoms with Crippen LogP contribution in [0.1, 0.15) is 36.2 Å². The smallest absolute Gasteiger partial charge is 0.319 e. The highest BCUT2D eigenvalue weighted by atomic mass is 35.5. The monoisotopic (exact) mass is 370 g/mol. The number of nitrogens with zero attached hydrogens (tertiary/aromatic N) is 2. The van der Waals surface area contributed by atoms with Gasteiger partial charge in [0, 0.05) is 11.6 Å². The lowest BCUT2D eigenvalue weighted by Crippen LogP contribution is -2.28. The third-order valence-corrected chi connectivity index (χ3v) is 4.56. The topological polar surface area (TPSA) is 89.3 Å². The zero-order valence-corrected chi connectivity index (χ0v) is 14.4. The van der Waals surface area contributed by atoms with Crippen LogP contribution in [0.5, 0.6) is 0 Å². The maximum Gasteiger partial charge on any atom is 0.319 e. The van der Waals surface area contributed by atoms with Gasteiger partial charge in [-0.05, 0) is 37.5 Å². The van der Waals surface area contributed by atoms with E-state index in [4.69, 9.17) is 32.5 Å². The van der Waals surface area contributed by atoms with Gasteiger partial charge in [0.2, 0.25) is 0 Å². The lowest BCUT2D eigenvalue weighted by Gasteiger charge is -2.10. The summed E-state index contributed by atoms with van der Waals surface area (Å²) in [7, 11) is 0. The van der Waals surface area contributed by atoms with E-state index >= 15 is 0 Å². The van der Waals surface area contributed by atoms with Gasteiger partial charge in [-0.25, -0.2) is 4.79 Å². The van der Waals surface area contributed by atoms with E-state index in [0.717, 1.165) is 12.8 Å². The molecule has 7 nitrogen and oxygen atoms in total. The third kappa shape index (κ3) is 3.80. The van der Waals surface area contributed by atoms with Crippen molar-refractivity contribution in [3.63, 3.8) is 0 Å². The standard InChI is InChI=1S/C15H16Cl2N4O3/c1-8-9(16)4-5-10(13(8)17)19-15(22)18-7-12-20-14(24-21-12)11-3-2-6-23-11/h4-5,11H,2-3,6-7H2,1H3,(H2,18,19,22)/t11-/m1/s1. The number of hydrogen-bond donors (Lipinski definition) is 2. The summed E-state index contributed by atoms with van der Waals surface area (Å²) in [5, 5.41) is 10.1. The molecule has 3 rings (SSSR count). The van der Waals surface area contributed by atoms with Crippen LogP contribution in [0.15, 0.2) is 16.7 Å². The van der Waals surface area contributed by atoms with Gasteiger partial charge in [0.15, 0.2) is 5.82 Å². The van der Waals surface area contributed by atoms with Crippen molar-refractivity contribution in [1.82, 2.24) is 15.5 Å². The van der Waals surface area contributed by atoms with E-state index in [9.17, 15) is 4.79 Å². The normalized spacial score (nSPS) is 17.0. The lowest BCUT2D eigenvalue weighted by atomic mass is 10.2. The van der Waals surface area contributed by atoms with Crippen molar-refractivity contribution in [3.05, 3.63) is 39.5 Å². The maximum absolute atomic E-state index is 12.0. The van der Waals surface area contributed by atoms with Crippen LogP contribution in [0.25, 0.3) is 0 Å². The number of nitrogens with one attached hydrogen (secondary N) is 2. The SMILES string of the molecule is Cc1c(Cl)ccc(NC(=O)NCc2noc([C@H]3CCCO3)n2)c1Cl. The highest BCUT2D eigenvalue weighted by Gasteiger charge is 2.23. The largest absolute Gasteiger partial charge is 0.368 e. The lowest BCUT2D eigenvalue weighted by molar-refractivity contribution is 0.0835. The number of urea groups is 1. The van der Waals surface area contributed by atoms with Crippen molar-refractivity contribution < 1.29 is 14.1 Å². The average Bonchev–Trinajstić information content (AvgIpc) is 3.24. The van der Waals surface area contributed by atoms with Crippen LogP contribution in [0, 0.1) is 6.92 Å². The number of carbonyl (C=O) groups excluding carboxylic acids is 1. The molecule has 24 heavy (non-hydrogen) atoms. The molecule has 2 amide bonds. The first-order valence-corrected chi connectivity index (χ1v) is 8.23. The Bertz CT molecular complexity index is 744. The highest BCUT2D eigenvalue weighted by molar-refractivity contribution is 6.38. The predicted octanol–water partition coefficient (Wildman–Crippen LogP) is 3.86. The van der Waals surface area contributed by atoms with E-state index < -0.39 is 6.03 Å². The van der Waals surface area contributed by atoms with Crippen molar-refractivity contribution in [2.75, 3.05) is 11.9 Å². The van der Waals surface area contributed by atoms with Crippen LogP contribution in [0.3, 0.4) is 0 Å². The minimum Gasteiger partial charge on any atom is -0.368 e. The summed E-state index contributed by atoms with van der Waals surface area (Å²) in [4.78, 5) is 16.2. The summed E-state index contributed by atoms with van der Waals surface area (Å²) in [6.07, 6.45) is 1.70. The van der Waals surface area contributed by atoms with Gasteiger partial charge in [-0.1, -0.05) is 28.4 Å². The molecule has 0 spiro atoms. The fraction of sp³-hybridized carbons (Fsp3) is 0.400. The van der Waals surface area contributed by atoms with Gasteiger partial charge in [0.05, 0.1) is 17.3 Å². The van der Waals surface area contributed by atoms with Gasteiger partial charge in [0.1, 0.15) is 6.10 Å². The van der Waals surface area contributed by atoms with E-state index in [1.165, 1.54) is 0 Å². The Labute approximate surface area is 148 Å². The minimum absolute atomic E-state index is 0.131. The second-order valence-corrected chi connectivity index (χ2v) is 6.18. The summed E-state index contributed by atoms with van der Waals surface area (Å²) in [6.45, 7) is 2.61. The van der Waals surface area contributed by atoms with Crippen LogP contribution < -0.4 is 10.6 Å². The first-order chi connectivity index (χ1) is 11.5. The molecule has 0 bridgehead atoms. The van der Waals surface area contributed by atoms with Gasteiger partial charge >= 0.3 is 6.03 Å². The number of halogens is 2. The Morgan fingerprint density at radius 2 is 2.25 bits per heavy atom. The number of carbonyl (C=O) groups is 1. The van der Waals surface area contributed by atoms with Crippen LogP contribution in [0.2, 0.25) is 10.0 Å². The summed E-state index contributed by atoms with van der Waals surface area (Å²) < 4.78 is 10.6. The number of anilines is 1.